The highest BCUT2D eigenvalue weighted by atomic mass is 35.5. The quantitative estimate of drug-likeness (QED) is 0.296. The maximum absolute atomic E-state index is 13.8. The molecular formula is C27H20ClFN6O2. The van der Waals surface area contributed by atoms with Crippen LogP contribution in [0.2, 0.25) is 5.02 Å². The second-order valence-electron chi connectivity index (χ2n) is 8.11. The number of amides is 3. The lowest BCUT2D eigenvalue weighted by molar-refractivity contribution is 0.0988. The number of halogens is 2. The molecule has 2 aromatic heterocycles. The number of hydrogen-bond acceptors (Lipinski definition) is 4. The van der Waals surface area contributed by atoms with Gasteiger partial charge < -0.3 is 15.5 Å². The van der Waals surface area contributed by atoms with Crippen LogP contribution in [0.5, 0.6) is 0 Å². The Labute approximate surface area is 216 Å². The molecule has 3 amide bonds. The number of nitrogens with one attached hydrogen (secondary N) is 2. The Kier molecular flexibility index (Phi) is 6.53. The van der Waals surface area contributed by atoms with E-state index in [0.29, 0.717) is 33.3 Å². The zero-order chi connectivity index (χ0) is 25.9. The van der Waals surface area contributed by atoms with Crippen molar-refractivity contribution in [2.45, 2.75) is 0 Å². The second kappa shape index (κ2) is 10.1. The number of fused-ring (bicyclic) bond motifs is 1. The van der Waals surface area contributed by atoms with Crippen molar-refractivity contribution < 1.29 is 14.0 Å². The number of para-hydroxylation sites is 1. The van der Waals surface area contributed by atoms with E-state index in [2.05, 4.69) is 20.6 Å². The Bertz CT molecular complexity index is 1590. The minimum absolute atomic E-state index is 0.193. The van der Waals surface area contributed by atoms with Gasteiger partial charge in [0.05, 0.1) is 11.9 Å². The molecule has 0 aliphatic rings. The molecule has 0 saturated carbocycles. The van der Waals surface area contributed by atoms with Crippen LogP contribution in [0.4, 0.5) is 26.2 Å². The van der Waals surface area contributed by atoms with E-state index >= 15 is 0 Å². The van der Waals surface area contributed by atoms with Gasteiger partial charge in [-0.2, -0.15) is 0 Å². The zero-order valence-corrected chi connectivity index (χ0v) is 20.3. The third kappa shape index (κ3) is 5.12. The molecule has 10 heteroatoms. The molecule has 0 saturated heterocycles. The van der Waals surface area contributed by atoms with Crippen molar-refractivity contribution in [2.24, 2.45) is 0 Å². The SMILES string of the molecule is CN(C(=O)c1c(-c2ccc(F)cc2)nc2ncc(NC(=O)Nc3ccccc3)cn12)c1ccc(Cl)cc1. The largest absolute Gasteiger partial charge is 0.323 e. The Balaban J connectivity index is 1.55. The molecule has 0 radical (unpaired) electrons. The van der Waals surface area contributed by atoms with Crippen molar-refractivity contribution in [3.63, 3.8) is 0 Å². The average molecular weight is 515 g/mol. The fourth-order valence-corrected chi connectivity index (χ4v) is 3.89. The average Bonchev–Trinajstić information content (AvgIpc) is 3.28. The van der Waals surface area contributed by atoms with Crippen LogP contribution in [0.1, 0.15) is 10.5 Å². The number of hydrogen-bond donors (Lipinski definition) is 2. The summed E-state index contributed by atoms with van der Waals surface area (Å²) >= 11 is 6.01. The third-order valence-electron chi connectivity index (χ3n) is 5.61. The molecule has 5 rings (SSSR count). The van der Waals surface area contributed by atoms with Crippen LogP contribution in [0.3, 0.4) is 0 Å². The summed E-state index contributed by atoms with van der Waals surface area (Å²) in [5.74, 6) is -0.559. The molecule has 5 aromatic rings. The number of imidazole rings is 1. The number of nitrogens with zero attached hydrogens (tertiary/aromatic N) is 4. The van der Waals surface area contributed by atoms with Gasteiger partial charge in [0, 0.05) is 35.2 Å². The van der Waals surface area contributed by atoms with Gasteiger partial charge in [0.2, 0.25) is 5.78 Å². The smallest absolute Gasteiger partial charge is 0.310 e. The van der Waals surface area contributed by atoms with Gasteiger partial charge in [0.15, 0.2) is 0 Å². The highest BCUT2D eigenvalue weighted by Crippen LogP contribution is 2.28. The highest BCUT2D eigenvalue weighted by molar-refractivity contribution is 6.30. The van der Waals surface area contributed by atoms with E-state index < -0.39 is 11.8 Å². The van der Waals surface area contributed by atoms with Crippen LogP contribution in [-0.4, -0.2) is 33.4 Å². The van der Waals surface area contributed by atoms with Crippen molar-refractivity contribution in [1.29, 1.82) is 0 Å². The van der Waals surface area contributed by atoms with E-state index in [4.69, 9.17) is 11.6 Å². The molecule has 0 unspecified atom stereocenters. The number of carbonyl (C=O) groups excluding carboxylic acids is 2. The molecule has 0 aliphatic carbocycles. The molecule has 0 aliphatic heterocycles. The van der Waals surface area contributed by atoms with Crippen LogP contribution in [0.25, 0.3) is 17.0 Å². The van der Waals surface area contributed by atoms with Crippen LogP contribution >= 0.6 is 11.6 Å². The van der Waals surface area contributed by atoms with Gasteiger partial charge in [-0.05, 0) is 60.7 Å². The zero-order valence-electron chi connectivity index (χ0n) is 19.5. The molecule has 2 heterocycles. The number of rotatable bonds is 5. The standard InChI is InChI=1S/C27H20ClFN6O2/c1-34(22-13-9-18(28)10-14-22)25(36)24-23(17-7-11-19(29)12-8-17)33-26-30-15-21(16-35(24)26)32-27(37)31-20-5-3-2-4-6-20/h2-16H,1H3,(H2,31,32,37). The first kappa shape index (κ1) is 24.0. The van der Waals surface area contributed by atoms with Crippen molar-refractivity contribution in [3.8, 4) is 11.3 Å². The summed E-state index contributed by atoms with van der Waals surface area (Å²) in [6, 6.07) is 21.0. The first-order valence-corrected chi connectivity index (χ1v) is 11.6. The maximum Gasteiger partial charge on any atom is 0.323 e. The highest BCUT2D eigenvalue weighted by Gasteiger charge is 2.25. The molecule has 0 bridgehead atoms. The van der Waals surface area contributed by atoms with E-state index in [9.17, 15) is 14.0 Å². The topological polar surface area (TPSA) is 91.6 Å². The van der Waals surface area contributed by atoms with Gasteiger partial charge in [-0.25, -0.2) is 19.2 Å². The van der Waals surface area contributed by atoms with Gasteiger partial charge in [0.1, 0.15) is 17.2 Å². The van der Waals surface area contributed by atoms with E-state index in [0.717, 1.165) is 0 Å². The van der Waals surface area contributed by atoms with Crippen LogP contribution in [0.15, 0.2) is 91.3 Å². The predicted octanol–water partition coefficient (Wildman–Crippen LogP) is 6.11. The molecule has 184 valence electrons. The lowest BCUT2D eigenvalue weighted by Gasteiger charge is -2.18. The Morgan fingerprint density at radius 1 is 0.919 bits per heavy atom. The molecule has 0 spiro atoms. The van der Waals surface area contributed by atoms with Gasteiger partial charge in [-0.1, -0.05) is 29.8 Å². The number of anilines is 3. The Hall–Kier alpha value is -4.76. The van der Waals surface area contributed by atoms with E-state index in [1.54, 1.807) is 73.9 Å². The minimum Gasteiger partial charge on any atom is -0.310 e. The molecule has 0 fully saturated rings. The van der Waals surface area contributed by atoms with Crippen LogP contribution < -0.4 is 15.5 Å². The van der Waals surface area contributed by atoms with Gasteiger partial charge in [-0.15, -0.1) is 0 Å². The summed E-state index contributed by atoms with van der Waals surface area (Å²) in [7, 11) is 1.63. The summed E-state index contributed by atoms with van der Waals surface area (Å²) in [5, 5.41) is 6.00. The number of carbonyl (C=O) groups is 2. The van der Waals surface area contributed by atoms with Gasteiger partial charge >= 0.3 is 6.03 Å². The minimum atomic E-state index is -0.475. The summed E-state index contributed by atoms with van der Waals surface area (Å²) in [6.45, 7) is 0. The summed E-state index contributed by atoms with van der Waals surface area (Å²) in [4.78, 5) is 36.6. The molecule has 3 aromatic carbocycles. The summed E-state index contributed by atoms with van der Waals surface area (Å²) < 4.78 is 15.1. The molecule has 8 nitrogen and oxygen atoms in total. The van der Waals surface area contributed by atoms with E-state index in [-0.39, 0.29) is 17.4 Å². The Morgan fingerprint density at radius 2 is 1.59 bits per heavy atom. The fraction of sp³-hybridized carbons (Fsp3) is 0.0370. The van der Waals surface area contributed by atoms with Crippen LogP contribution in [0, 0.1) is 5.82 Å². The Morgan fingerprint density at radius 3 is 2.30 bits per heavy atom. The number of aromatic nitrogens is 3. The number of urea groups is 1. The normalized spacial score (nSPS) is 10.8. The van der Waals surface area contributed by atoms with Gasteiger partial charge in [-0.3, -0.25) is 9.20 Å². The lowest BCUT2D eigenvalue weighted by Crippen LogP contribution is -2.28. The van der Waals surface area contributed by atoms with Crippen molar-refractivity contribution >= 4 is 46.4 Å². The van der Waals surface area contributed by atoms with Crippen LogP contribution in [-0.2, 0) is 0 Å². The monoisotopic (exact) mass is 514 g/mol. The second-order valence-corrected chi connectivity index (χ2v) is 8.55. The first-order chi connectivity index (χ1) is 17.9. The van der Waals surface area contributed by atoms with E-state index in [1.807, 2.05) is 6.07 Å². The first-order valence-electron chi connectivity index (χ1n) is 11.2. The molecular weight excluding hydrogens is 495 g/mol. The summed E-state index contributed by atoms with van der Waals surface area (Å²) in [6.07, 6.45) is 3.01. The summed E-state index contributed by atoms with van der Waals surface area (Å²) in [5.41, 5.74) is 2.63. The molecule has 0 atom stereocenters. The maximum atomic E-state index is 13.8. The number of benzene rings is 3. The third-order valence-corrected chi connectivity index (χ3v) is 5.86. The van der Waals surface area contributed by atoms with E-state index in [1.165, 1.54) is 27.6 Å². The van der Waals surface area contributed by atoms with Crippen molar-refractivity contribution in [1.82, 2.24) is 14.4 Å². The molecule has 2 N–H and O–H groups in total. The molecule has 37 heavy (non-hydrogen) atoms. The fourth-order valence-electron chi connectivity index (χ4n) is 3.77. The lowest BCUT2D eigenvalue weighted by atomic mass is 10.1. The van der Waals surface area contributed by atoms with Crippen molar-refractivity contribution in [2.75, 3.05) is 22.6 Å². The van der Waals surface area contributed by atoms with Gasteiger partial charge in [0.25, 0.3) is 5.91 Å². The predicted molar refractivity (Wildman–Crippen MR) is 142 cm³/mol. The van der Waals surface area contributed by atoms with Crippen molar-refractivity contribution in [3.05, 3.63) is 108 Å².